The van der Waals surface area contributed by atoms with Crippen molar-refractivity contribution in [3.05, 3.63) is 42.0 Å². The molecule has 1 aromatic carbocycles. The fraction of sp³-hybridized carbons (Fsp3) is 0.476. The number of fused-ring (bicyclic) bond motifs is 1. The molecule has 0 radical (unpaired) electrons. The molecule has 26 heavy (non-hydrogen) atoms. The molecule has 0 aliphatic carbocycles. The van der Waals surface area contributed by atoms with Gasteiger partial charge in [0.2, 0.25) is 5.91 Å². The number of anilines is 1. The van der Waals surface area contributed by atoms with E-state index in [1.807, 2.05) is 36.4 Å². The van der Waals surface area contributed by atoms with Gasteiger partial charge in [-0.15, -0.1) is 11.3 Å². The van der Waals surface area contributed by atoms with Crippen LogP contribution in [0.2, 0.25) is 0 Å². The standard InChI is InChI=1S/C21H27N3OS/c1-16-6-7-17-12-20(26-18(17)11-16)23-10-8-21(13-23)14-24(15-21)19(25)5-4-9-22(2)3/h4-7,11-12H,8-10,13-15H2,1-3H3/b5-4+. The number of amides is 1. The summed E-state index contributed by atoms with van der Waals surface area (Å²) < 4.78 is 1.37. The summed E-state index contributed by atoms with van der Waals surface area (Å²) in [6.07, 6.45) is 4.87. The topological polar surface area (TPSA) is 26.8 Å². The Morgan fingerprint density at radius 1 is 1.27 bits per heavy atom. The Labute approximate surface area is 159 Å². The molecule has 2 aliphatic rings. The first-order chi connectivity index (χ1) is 12.4. The molecule has 138 valence electrons. The second-order valence-corrected chi connectivity index (χ2v) is 9.22. The second-order valence-electron chi connectivity index (χ2n) is 8.16. The molecular weight excluding hydrogens is 342 g/mol. The molecule has 2 fully saturated rings. The maximum absolute atomic E-state index is 12.3. The number of benzene rings is 1. The first-order valence-electron chi connectivity index (χ1n) is 9.30. The number of thiophene rings is 1. The molecule has 2 saturated heterocycles. The predicted molar refractivity (Wildman–Crippen MR) is 110 cm³/mol. The van der Waals surface area contributed by atoms with Gasteiger partial charge in [0.25, 0.3) is 0 Å². The van der Waals surface area contributed by atoms with Gasteiger partial charge >= 0.3 is 0 Å². The zero-order valence-electron chi connectivity index (χ0n) is 15.9. The number of hydrogen-bond acceptors (Lipinski definition) is 4. The molecule has 4 nitrogen and oxygen atoms in total. The zero-order valence-corrected chi connectivity index (χ0v) is 16.7. The number of rotatable bonds is 4. The van der Waals surface area contributed by atoms with Gasteiger partial charge in [-0.3, -0.25) is 4.79 Å². The van der Waals surface area contributed by atoms with Crippen LogP contribution in [0.3, 0.4) is 0 Å². The van der Waals surface area contributed by atoms with Gasteiger partial charge in [-0.05, 0) is 50.5 Å². The molecule has 3 heterocycles. The minimum atomic E-state index is 0.160. The van der Waals surface area contributed by atoms with Crippen LogP contribution in [0.4, 0.5) is 5.00 Å². The normalized spacial score (nSPS) is 19.2. The molecule has 1 spiro atoms. The van der Waals surface area contributed by atoms with E-state index in [1.54, 1.807) is 6.08 Å². The highest BCUT2D eigenvalue weighted by Crippen LogP contribution is 2.43. The maximum atomic E-state index is 12.3. The van der Waals surface area contributed by atoms with Gasteiger partial charge in [0, 0.05) is 48.9 Å². The second kappa shape index (κ2) is 6.71. The van der Waals surface area contributed by atoms with Crippen molar-refractivity contribution in [2.75, 3.05) is 51.7 Å². The molecule has 0 N–H and O–H groups in total. The first-order valence-corrected chi connectivity index (χ1v) is 10.1. The lowest BCUT2D eigenvalue weighted by Crippen LogP contribution is -2.59. The molecule has 0 atom stereocenters. The average Bonchev–Trinajstić information content (AvgIpc) is 3.16. The van der Waals surface area contributed by atoms with Crippen LogP contribution in [0.15, 0.2) is 36.4 Å². The lowest BCUT2D eigenvalue weighted by Gasteiger charge is -2.47. The smallest absolute Gasteiger partial charge is 0.246 e. The van der Waals surface area contributed by atoms with Crippen LogP contribution in [-0.2, 0) is 4.79 Å². The fourth-order valence-corrected chi connectivity index (χ4v) is 5.24. The Balaban J connectivity index is 1.37. The summed E-state index contributed by atoms with van der Waals surface area (Å²) in [5.74, 6) is 0.160. The number of carbonyl (C=O) groups is 1. The molecule has 2 aliphatic heterocycles. The van der Waals surface area contributed by atoms with E-state index in [4.69, 9.17) is 0 Å². The molecule has 1 amide bonds. The average molecular weight is 370 g/mol. The Morgan fingerprint density at radius 3 is 2.85 bits per heavy atom. The summed E-state index contributed by atoms with van der Waals surface area (Å²) in [5, 5.41) is 2.71. The Kier molecular flexibility index (Phi) is 4.53. The highest BCUT2D eigenvalue weighted by molar-refractivity contribution is 7.22. The van der Waals surface area contributed by atoms with Crippen molar-refractivity contribution in [3.8, 4) is 0 Å². The lowest BCUT2D eigenvalue weighted by molar-refractivity contribution is -0.136. The van der Waals surface area contributed by atoms with Gasteiger partial charge in [0.1, 0.15) is 0 Å². The van der Waals surface area contributed by atoms with Gasteiger partial charge in [-0.25, -0.2) is 0 Å². The molecule has 0 bridgehead atoms. The van der Waals surface area contributed by atoms with Crippen LogP contribution in [0.5, 0.6) is 0 Å². The van der Waals surface area contributed by atoms with Crippen molar-refractivity contribution in [1.29, 1.82) is 0 Å². The Morgan fingerprint density at radius 2 is 2.08 bits per heavy atom. The Hall–Kier alpha value is -1.85. The van der Waals surface area contributed by atoms with Crippen molar-refractivity contribution in [3.63, 3.8) is 0 Å². The number of likely N-dealkylation sites (tertiary alicyclic amines) is 1. The van der Waals surface area contributed by atoms with Gasteiger partial charge < -0.3 is 14.7 Å². The van der Waals surface area contributed by atoms with Gasteiger partial charge in [-0.2, -0.15) is 0 Å². The number of hydrogen-bond donors (Lipinski definition) is 0. The van der Waals surface area contributed by atoms with E-state index in [0.717, 1.165) is 32.7 Å². The van der Waals surface area contributed by atoms with E-state index >= 15 is 0 Å². The van der Waals surface area contributed by atoms with E-state index in [0.29, 0.717) is 5.41 Å². The highest BCUT2D eigenvalue weighted by Gasteiger charge is 2.49. The maximum Gasteiger partial charge on any atom is 0.246 e. The monoisotopic (exact) mass is 369 g/mol. The van der Waals surface area contributed by atoms with Crippen molar-refractivity contribution >= 4 is 32.3 Å². The number of carbonyl (C=O) groups excluding carboxylic acids is 1. The van der Waals surface area contributed by atoms with Crippen LogP contribution >= 0.6 is 11.3 Å². The number of aryl methyl sites for hydroxylation is 1. The molecular formula is C21H27N3OS. The highest BCUT2D eigenvalue weighted by atomic mass is 32.1. The van der Waals surface area contributed by atoms with Crippen LogP contribution in [-0.4, -0.2) is 62.5 Å². The third-order valence-electron chi connectivity index (χ3n) is 5.51. The molecule has 4 rings (SSSR count). The van der Waals surface area contributed by atoms with E-state index in [2.05, 4.69) is 41.0 Å². The Bertz CT molecular complexity index is 848. The summed E-state index contributed by atoms with van der Waals surface area (Å²) in [5.41, 5.74) is 1.62. The van der Waals surface area contributed by atoms with Crippen LogP contribution in [0.1, 0.15) is 12.0 Å². The largest absolute Gasteiger partial charge is 0.363 e. The van der Waals surface area contributed by atoms with Crippen LogP contribution < -0.4 is 4.90 Å². The molecule has 0 saturated carbocycles. The van der Waals surface area contributed by atoms with Crippen LogP contribution in [0, 0.1) is 12.3 Å². The SMILES string of the molecule is Cc1ccc2cc(N3CCC4(CN(C(=O)/C=C/CN(C)C)C4)C3)sc2c1. The summed E-state index contributed by atoms with van der Waals surface area (Å²) in [7, 11) is 4.02. The quantitative estimate of drug-likeness (QED) is 0.773. The molecule has 1 aromatic heterocycles. The molecule has 5 heteroatoms. The fourth-order valence-electron chi connectivity index (χ4n) is 4.05. The third-order valence-corrected chi connectivity index (χ3v) is 6.67. The van der Waals surface area contributed by atoms with Gasteiger partial charge in [0.05, 0.1) is 5.00 Å². The van der Waals surface area contributed by atoms with E-state index in [-0.39, 0.29) is 5.91 Å². The molecule has 0 unspecified atom stereocenters. The van der Waals surface area contributed by atoms with Crippen molar-refractivity contribution in [2.45, 2.75) is 13.3 Å². The van der Waals surface area contributed by atoms with E-state index < -0.39 is 0 Å². The number of likely N-dealkylation sites (N-methyl/N-ethyl adjacent to an activating group) is 1. The number of nitrogens with zero attached hydrogens (tertiary/aromatic N) is 3. The van der Waals surface area contributed by atoms with E-state index in [1.165, 1.54) is 27.1 Å². The summed E-state index contributed by atoms with van der Waals surface area (Å²) in [4.78, 5) is 18.8. The molecule has 2 aromatic rings. The van der Waals surface area contributed by atoms with Crippen molar-refractivity contribution in [2.24, 2.45) is 5.41 Å². The summed E-state index contributed by atoms with van der Waals surface area (Å²) in [6, 6.07) is 9.01. The van der Waals surface area contributed by atoms with Crippen molar-refractivity contribution < 1.29 is 4.79 Å². The minimum absolute atomic E-state index is 0.160. The first kappa shape index (κ1) is 17.6. The summed E-state index contributed by atoms with van der Waals surface area (Å²) >= 11 is 1.89. The lowest BCUT2D eigenvalue weighted by atomic mass is 9.79. The van der Waals surface area contributed by atoms with Crippen molar-refractivity contribution in [1.82, 2.24) is 9.80 Å². The van der Waals surface area contributed by atoms with Gasteiger partial charge in [0.15, 0.2) is 0 Å². The summed E-state index contributed by atoms with van der Waals surface area (Å²) in [6.45, 7) is 6.94. The van der Waals surface area contributed by atoms with Crippen LogP contribution in [0.25, 0.3) is 10.1 Å². The third kappa shape index (κ3) is 3.38. The minimum Gasteiger partial charge on any atom is -0.363 e. The zero-order chi connectivity index (χ0) is 18.3. The van der Waals surface area contributed by atoms with Gasteiger partial charge in [-0.1, -0.05) is 18.2 Å². The predicted octanol–water partition coefficient (Wildman–Crippen LogP) is 3.37. The van der Waals surface area contributed by atoms with E-state index in [9.17, 15) is 4.79 Å².